The lowest BCUT2D eigenvalue weighted by Gasteiger charge is -2.07. The predicted octanol–water partition coefficient (Wildman–Crippen LogP) is 2.12. The van der Waals surface area contributed by atoms with Crippen molar-refractivity contribution in [3.8, 4) is 0 Å². The van der Waals surface area contributed by atoms with Gasteiger partial charge in [0.15, 0.2) is 0 Å². The lowest BCUT2D eigenvalue weighted by molar-refractivity contribution is -0.121. The summed E-state index contributed by atoms with van der Waals surface area (Å²) in [6.45, 7) is 3.94. The molecule has 0 aliphatic carbocycles. The molecule has 0 bridgehead atoms. The fourth-order valence-electron chi connectivity index (χ4n) is 1.53. The van der Waals surface area contributed by atoms with Gasteiger partial charge in [-0.05, 0) is 44.4 Å². The van der Waals surface area contributed by atoms with Gasteiger partial charge in [-0.25, -0.2) is 0 Å². The van der Waals surface area contributed by atoms with Crippen molar-refractivity contribution in [1.29, 1.82) is 0 Å². The SMILES string of the molecule is CC(C)NC(=O)CCCc1ccc(N)cc1. The third kappa shape index (κ3) is 4.82. The largest absolute Gasteiger partial charge is 0.399 e. The highest BCUT2D eigenvalue weighted by Gasteiger charge is 2.02. The summed E-state index contributed by atoms with van der Waals surface area (Å²) in [7, 11) is 0. The smallest absolute Gasteiger partial charge is 0.220 e. The van der Waals surface area contributed by atoms with E-state index in [0.29, 0.717) is 6.42 Å². The van der Waals surface area contributed by atoms with Crippen molar-refractivity contribution in [2.24, 2.45) is 0 Å². The van der Waals surface area contributed by atoms with E-state index in [1.165, 1.54) is 5.56 Å². The Bertz CT molecular complexity index is 330. The van der Waals surface area contributed by atoms with Crippen molar-refractivity contribution in [2.45, 2.75) is 39.2 Å². The fourth-order valence-corrected chi connectivity index (χ4v) is 1.53. The minimum absolute atomic E-state index is 0.130. The number of nitrogens with two attached hydrogens (primary N) is 1. The quantitative estimate of drug-likeness (QED) is 0.747. The number of nitrogen functional groups attached to an aromatic ring is 1. The summed E-state index contributed by atoms with van der Waals surface area (Å²) >= 11 is 0. The van der Waals surface area contributed by atoms with Gasteiger partial charge >= 0.3 is 0 Å². The number of nitrogens with one attached hydrogen (secondary N) is 1. The molecule has 88 valence electrons. The zero-order chi connectivity index (χ0) is 12.0. The van der Waals surface area contributed by atoms with E-state index in [1.807, 2.05) is 38.1 Å². The average Bonchev–Trinajstić information content (AvgIpc) is 2.20. The Labute approximate surface area is 97.0 Å². The van der Waals surface area contributed by atoms with Crippen molar-refractivity contribution in [2.75, 3.05) is 5.73 Å². The molecule has 0 aromatic heterocycles. The van der Waals surface area contributed by atoms with Gasteiger partial charge in [0.05, 0.1) is 0 Å². The second kappa shape index (κ2) is 6.16. The summed E-state index contributed by atoms with van der Waals surface area (Å²) in [6, 6.07) is 8.03. The molecule has 0 unspecified atom stereocenters. The standard InChI is InChI=1S/C13H20N2O/c1-10(2)15-13(16)5-3-4-11-6-8-12(14)9-7-11/h6-10H,3-5,14H2,1-2H3,(H,15,16). The second-order valence-electron chi connectivity index (χ2n) is 4.32. The number of carbonyl (C=O) groups is 1. The zero-order valence-electron chi connectivity index (χ0n) is 9.99. The maximum Gasteiger partial charge on any atom is 0.220 e. The van der Waals surface area contributed by atoms with E-state index in [9.17, 15) is 4.79 Å². The van der Waals surface area contributed by atoms with Gasteiger partial charge in [0, 0.05) is 18.2 Å². The number of amides is 1. The number of benzene rings is 1. The van der Waals surface area contributed by atoms with Gasteiger partial charge in [-0.15, -0.1) is 0 Å². The summed E-state index contributed by atoms with van der Waals surface area (Å²) < 4.78 is 0. The Kier molecular flexibility index (Phi) is 4.83. The molecule has 0 aliphatic rings. The molecule has 0 saturated carbocycles. The van der Waals surface area contributed by atoms with Crippen LogP contribution in [0, 0.1) is 0 Å². The van der Waals surface area contributed by atoms with Crippen LogP contribution in [0.2, 0.25) is 0 Å². The Balaban J connectivity index is 2.25. The molecule has 3 heteroatoms. The third-order valence-corrected chi connectivity index (χ3v) is 2.30. The highest BCUT2D eigenvalue weighted by atomic mass is 16.1. The molecule has 0 aliphatic heterocycles. The normalized spacial score (nSPS) is 10.4. The number of anilines is 1. The molecule has 1 aromatic carbocycles. The van der Waals surface area contributed by atoms with Gasteiger partial charge in [0.2, 0.25) is 5.91 Å². The Morgan fingerprint density at radius 3 is 2.50 bits per heavy atom. The topological polar surface area (TPSA) is 55.1 Å². The van der Waals surface area contributed by atoms with E-state index < -0.39 is 0 Å². The molecule has 0 radical (unpaired) electrons. The maximum atomic E-state index is 11.4. The van der Waals surface area contributed by atoms with E-state index in [-0.39, 0.29) is 11.9 Å². The summed E-state index contributed by atoms with van der Waals surface area (Å²) in [6.07, 6.45) is 2.39. The van der Waals surface area contributed by atoms with Crippen LogP contribution in [-0.4, -0.2) is 11.9 Å². The monoisotopic (exact) mass is 220 g/mol. The van der Waals surface area contributed by atoms with Crippen LogP contribution in [0.15, 0.2) is 24.3 Å². The van der Waals surface area contributed by atoms with Gasteiger partial charge in [-0.3, -0.25) is 4.79 Å². The van der Waals surface area contributed by atoms with Crippen LogP contribution in [0.4, 0.5) is 5.69 Å². The number of carbonyl (C=O) groups excluding carboxylic acids is 1. The van der Waals surface area contributed by atoms with E-state index in [0.717, 1.165) is 18.5 Å². The lowest BCUT2D eigenvalue weighted by Crippen LogP contribution is -2.29. The van der Waals surface area contributed by atoms with E-state index in [2.05, 4.69) is 5.32 Å². The molecule has 0 saturated heterocycles. The van der Waals surface area contributed by atoms with Gasteiger partial charge in [0.25, 0.3) is 0 Å². The lowest BCUT2D eigenvalue weighted by atomic mass is 10.1. The first-order valence-corrected chi connectivity index (χ1v) is 5.71. The summed E-state index contributed by atoms with van der Waals surface area (Å²) in [4.78, 5) is 11.4. The van der Waals surface area contributed by atoms with E-state index >= 15 is 0 Å². The van der Waals surface area contributed by atoms with Gasteiger partial charge in [-0.1, -0.05) is 12.1 Å². The number of hydrogen-bond donors (Lipinski definition) is 2. The Hall–Kier alpha value is -1.51. The van der Waals surface area contributed by atoms with Crippen molar-refractivity contribution >= 4 is 11.6 Å². The molecule has 0 heterocycles. The van der Waals surface area contributed by atoms with Crippen molar-refractivity contribution in [3.63, 3.8) is 0 Å². The molecule has 3 N–H and O–H groups in total. The van der Waals surface area contributed by atoms with E-state index in [4.69, 9.17) is 5.73 Å². The molecule has 16 heavy (non-hydrogen) atoms. The Morgan fingerprint density at radius 2 is 1.94 bits per heavy atom. The predicted molar refractivity (Wildman–Crippen MR) is 67.1 cm³/mol. The van der Waals surface area contributed by atoms with Crippen LogP contribution in [0.1, 0.15) is 32.3 Å². The first-order chi connectivity index (χ1) is 7.58. The summed E-state index contributed by atoms with van der Waals surface area (Å²) in [5.74, 6) is 0.130. The van der Waals surface area contributed by atoms with Gasteiger partial charge < -0.3 is 11.1 Å². The Morgan fingerprint density at radius 1 is 1.31 bits per heavy atom. The molecule has 1 aromatic rings. The number of hydrogen-bond acceptors (Lipinski definition) is 2. The van der Waals surface area contributed by atoms with Crippen molar-refractivity contribution in [1.82, 2.24) is 5.32 Å². The minimum atomic E-state index is 0.130. The van der Waals surface area contributed by atoms with Crippen molar-refractivity contribution < 1.29 is 4.79 Å². The fraction of sp³-hybridized carbons (Fsp3) is 0.462. The highest BCUT2D eigenvalue weighted by Crippen LogP contribution is 2.08. The maximum absolute atomic E-state index is 11.4. The summed E-state index contributed by atoms with van der Waals surface area (Å²) in [5.41, 5.74) is 7.60. The van der Waals surface area contributed by atoms with Gasteiger partial charge in [-0.2, -0.15) is 0 Å². The van der Waals surface area contributed by atoms with Crippen LogP contribution in [0.5, 0.6) is 0 Å². The van der Waals surface area contributed by atoms with Crippen LogP contribution in [-0.2, 0) is 11.2 Å². The van der Waals surface area contributed by atoms with Crippen LogP contribution in [0.3, 0.4) is 0 Å². The van der Waals surface area contributed by atoms with E-state index in [1.54, 1.807) is 0 Å². The zero-order valence-corrected chi connectivity index (χ0v) is 9.99. The molecular weight excluding hydrogens is 200 g/mol. The first-order valence-electron chi connectivity index (χ1n) is 5.71. The average molecular weight is 220 g/mol. The number of rotatable bonds is 5. The molecule has 1 rings (SSSR count). The summed E-state index contributed by atoms with van der Waals surface area (Å²) in [5, 5.41) is 2.88. The van der Waals surface area contributed by atoms with Gasteiger partial charge in [0.1, 0.15) is 0 Å². The van der Waals surface area contributed by atoms with Crippen LogP contribution in [0.25, 0.3) is 0 Å². The minimum Gasteiger partial charge on any atom is -0.399 e. The van der Waals surface area contributed by atoms with Crippen LogP contribution < -0.4 is 11.1 Å². The molecule has 1 amide bonds. The molecule has 3 nitrogen and oxygen atoms in total. The number of aryl methyl sites for hydroxylation is 1. The molecular formula is C13H20N2O. The first kappa shape index (κ1) is 12.6. The highest BCUT2D eigenvalue weighted by molar-refractivity contribution is 5.76. The van der Waals surface area contributed by atoms with Crippen LogP contribution >= 0.6 is 0 Å². The molecule has 0 fully saturated rings. The third-order valence-electron chi connectivity index (χ3n) is 2.30. The molecule has 0 spiro atoms. The molecule has 0 atom stereocenters. The van der Waals surface area contributed by atoms with Crippen molar-refractivity contribution in [3.05, 3.63) is 29.8 Å². The second-order valence-corrected chi connectivity index (χ2v) is 4.32.